The highest BCUT2D eigenvalue weighted by Gasteiger charge is 2.50. The van der Waals surface area contributed by atoms with Gasteiger partial charge in [-0.1, -0.05) is 23.8 Å². The predicted octanol–water partition coefficient (Wildman–Crippen LogP) is 4.30. The summed E-state index contributed by atoms with van der Waals surface area (Å²) >= 11 is 5.79. The van der Waals surface area contributed by atoms with Crippen molar-refractivity contribution in [2.24, 2.45) is 0 Å². The van der Waals surface area contributed by atoms with Gasteiger partial charge in [0.25, 0.3) is 0 Å². The van der Waals surface area contributed by atoms with E-state index in [1.54, 1.807) is 12.2 Å². The molecular weight excluding hydrogens is 375 g/mol. The Morgan fingerprint density at radius 3 is 2.50 bits per heavy atom. The number of halogens is 4. The van der Waals surface area contributed by atoms with Crippen LogP contribution in [0.2, 0.25) is 5.02 Å². The number of benzene rings is 1. The van der Waals surface area contributed by atoms with Crippen LogP contribution in [0.4, 0.5) is 18.9 Å². The summed E-state index contributed by atoms with van der Waals surface area (Å²) in [6, 6.07) is 1.93. The lowest BCUT2D eigenvalue weighted by atomic mass is 9.88. The van der Waals surface area contributed by atoms with Crippen LogP contribution in [0, 0.1) is 10.1 Å². The molecule has 132 valence electrons. The van der Waals surface area contributed by atoms with Gasteiger partial charge in [0.05, 0.1) is 4.92 Å². The Labute approximate surface area is 140 Å². The van der Waals surface area contributed by atoms with Crippen molar-refractivity contribution in [2.75, 3.05) is 0 Å². The number of nitro benzene ring substituents is 1. The van der Waals surface area contributed by atoms with Crippen LogP contribution in [0.25, 0.3) is 0 Å². The van der Waals surface area contributed by atoms with Crippen LogP contribution in [0.3, 0.4) is 0 Å². The standard InChI is InChI=1S/C13H11ClF3NO5S/c14-9-6-10(8-4-2-1-3-5-8)12(11(7-9)18(19)20)23-24(21,22)13(15,16)17/h2,4,6-8H,1,3,5H2. The molecule has 0 N–H and O–H groups in total. The fourth-order valence-electron chi connectivity index (χ4n) is 2.33. The van der Waals surface area contributed by atoms with E-state index in [4.69, 9.17) is 11.6 Å². The summed E-state index contributed by atoms with van der Waals surface area (Å²) in [5.41, 5.74) is -6.72. The van der Waals surface area contributed by atoms with E-state index >= 15 is 0 Å². The topological polar surface area (TPSA) is 86.5 Å². The highest BCUT2D eigenvalue weighted by Crippen LogP contribution is 2.43. The van der Waals surface area contributed by atoms with Gasteiger partial charge in [-0.25, -0.2) is 0 Å². The first-order chi connectivity index (χ1) is 11.0. The molecule has 0 amide bonds. The van der Waals surface area contributed by atoms with Crippen molar-refractivity contribution in [1.29, 1.82) is 0 Å². The number of hydrogen-bond acceptors (Lipinski definition) is 5. The van der Waals surface area contributed by atoms with Gasteiger partial charge >= 0.3 is 21.3 Å². The van der Waals surface area contributed by atoms with Gasteiger partial charge in [-0.15, -0.1) is 0 Å². The molecule has 0 saturated heterocycles. The summed E-state index contributed by atoms with van der Waals surface area (Å²) in [7, 11) is -6.05. The van der Waals surface area contributed by atoms with Gasteiger partial charge in [0.15, 0.2) is 0 Å². The van der Waals surface area contributed by atoms with E-state index in [9.17, 15) is 31.7 Å². The highest BCUT2D eigenvalue weighted by atomic mass is 35.5. The molecule has 0 radical (unpaired) electrons. The van der Waals surface area contributed by atoms with Crippen LogP contribution in [0.15, 0.2) is 24.3 Å². The monoisotopic (exact) mass is 385 g/mol. The average molecular weight is 386 g/mol. The molecule has 6 nitrogen and oxygen atoms in total. The fourth-order valence-corrected chi connectivity index (χ4v) is 3.05. The zero-order valence-electron chi connectivity index (χ0n) is 11.9. The largest absolute Gasteiger partial charge is 0.534 e. The summed E-state index contributed by atoms with van der Waals surface area (Å²) < 4.78 is 64.4. The van der Waals surface area contributed by atoms with Gasteiger partial charge in [0.1, 0.15) is 0 Å². The first-order valence-electron chi connectivity index (χ1n) is 6.68. The Kier molecular flexibility index (Phi) is 5.09. The Bertz CT molecular complexity index is 792. The maximum absolute atomic E-state index is 12.6. The number of allylic oxidation sites excluding steroid dienone is 2. The minimum Gasteiger partial charge on any atom is -0.368 e. The smallest absolute Gasteiger partial charge is 0.368 e. The van der Waals surface area contributed by atoms with E-state index < -0.39 is 37.9 Å². The third-order valence-electron chi connectivity index (χ3n) is 3.39. The van der Waals surface area contributed by atoms with Crippen LogP contribution in [0.5, 0.6) is 5.75 Å². The lowest BCUT2D eigenvalue weighted by Gasteiger charge is -2.20. The van der Waals surface area contributed by atoms with Crippen LogP contribution in [0.1, 0.15) is 30.7 Å². The summed E-state index contributed by atoms with van der Waals surface area (Å²) in [4.78, 5) is 10.1. The zero-order chi connectivity index (χ0) is 18.1. The lowest BCUT2D eigenvalue weighted by molar-refractivity contribution is -0.385. The Balaban J connectivity index is 2.64. The summed E-state index contributed by atoms with van der Waals surface area (Å²) in [5.74, 6) is -1.49. The van der Waals surface area contributed by atoms with E-state index in [1.807, 2.05) is 0 Å². The maximum Gasteiger partial charge on any atom is 0.534 e. The van der Waals surface area contributed by atoms with E-state index in [-0.39, 0.29) is 10.6 Å². The van der Waals surface area contributed by atoms with Gasteiger partial charge in [-0.2, -0.15) is 21.6 Å². The van der Waals surface area contributed by atoms with Gasteiger partial charge in [-0.05, 0) is 25.3 Å². The molecule has 0 fully saturated rings. The molecule has 0 aromatic heterocycles. The molecule has 1 aliphatic rings. The van der Waals surface area contributed by atoms with Crippen molar-refractivity contribution in [2.45, 2.75) is 30.7 Å². The molecule has 1 aromatic carbocycles. The third-order valence-corrected chi connectivity index (χ3v) is 4.56. The van der Waals surface area contributed by atoms with Gasteiger partial charge in [-0.3, -0.25) is 10.1 Å². The third kappa shape index (κ3) is 3.81. The molecule has 11 heteroatoms. The molecular formula is C13H11ClF3NO5S. The highest BCUT2D eigenvalue weighted by molar-refractivity contribution is 7.88. The van der Waals surface area contributed by atoms with Crippen molar-refractivity contribution in [3.05, 3.63) is 45.0 Å². The van der Waals surface area contributed by atoms with Crippen molar-refractivity contribution < 1.29 is 30.7 Å². The quantitative estimate of drug-likeness (QED) is 0.253. The number of rotatable bonds is 4. The van der Waals surface area contributed by atoms with Crippen molar-refractivity contribution in [1.82, 2.24) is 0 Å². The molecule has 0 aliphatic heterocycles. The fraction of sp³-hybridized carbons (Fsp3) is 0.385. The van der Waals surface area contributed by atoms with E-state index in [0.29, 0.717) is 12.8 Å². The molecule has 1 aliphatic carbocycles. The van der Waals surface area contributed by atoms with Gasteiger partial charge in [0.2, 0.25) is 5.75 Å². The second-order valence-corrected chi connectivity index (χ2v) is 7.02. The predicted molar refractivity (Wildman–Crippen MR) is 79.4 cm³/mol. The number of nitrogens with zero attached hydrogens (tertiary/aromatic N) is 1. The number of nitro groups is 1. The average Bonchev–Trinajstić information content (AvgIpc) is 2.48. The molecule has 1 atom stereocenters. The van der Waals surface area contributed by atoms with E-state index in [1.165, 1.54) is 6.07 Å². The van der Waals surface area contributed by atoms with Gasteiger partial charge in [0, 0.05) is 22.6 Å². The molecule has 24 heavy (non-hydrogen) atoms. The molecule has 0 heterocycles. The van der Waals surface area contributed by atoms with Crippen LogP contribution >= 0.6 is 11.6 Å². The molecule has 0 bridgehead atoms. The molecule has 0 saturated carbocycles. The Morgan fingerprint density at radius 1 is 1.33 bits per heavy atom. The second kappa shape index (κ2) is 6.60. The summed E-state index contributed by atoms with van der Waals surface area (Å²) in [6.45, 7) is 0. The minimum atomic E-state index is -6.05. The van der Waals surface area contributed by atoms with E-state index in [0.717, 1.165) is 12.5 Å². The van der Waals surface area contributed by atoms with Crippen molar-refractivity contribution in [3.8, 4) is 5.75 Å². The second-order valence-electron chi connectivity index (χ2n) is 5.05. The van der Waals surface area contributed by atoms with Crippen LogP contribution in [-0.4, -0.2) is 18.8 Å². The van der Waals surface area contributed by atoms with Crippen molar-refractivity contribution >= 4 is 27.4 Å². The maximum atomic E-state index is 12.6. The zero-order valence-corrected chi connectivity index (χ0v) is 13.5. The number of alkyl halides is 3. The molecule has 0 spiro atoms. The molecule has 1 unspecified atom stereocenters. The minimum absolute atomic E-state index is 0.0713. The summed E-state index contributed by atoms with van der Waals surface area (Å²) in [6.07, 6.45) is 5.29. The molecule has 2 rings (SSSR count). The Morgan fingerprint density at radius 2 is 2.00 bits per heavy atom. The van der Waals surface area contributed by atoms with Crippen LogP contribution in [-0.2, 0) is 10.1 Å². The van der Waals surface area contributed by atoms with Crippen LogP contribution < -0.4 is 4.18 Å². The van der Waals surface area contributed by atoms with Gasteiger partial charge < -0.3 is 4.18 Å². The SMILES string of the molecule is O=[N+]([O-])c1cc(Cl)cc(C2C=CCCC2)c1OS(=O)(=O)C(F)(F)F. The normalized spacial score (nSPS) is 18.4. The van der Waals surface area contributed by atoms with E-state index in [2.05, 4.69) is 4.18 Å². The summed E-state index contributed by atoms with van der Waals surface area (Å²) in [5, 5.41) is 11.0. The lowest BCUT2D eigenvalue weighted by Crippen LogP contribution is -2.28. The first-order valence-corrected chi connectivity index (χ1v) is 8.47. The first kappa shape index (κ1) is 18.5. The Hall–Kier alpha value is -1.81. The number of hydrogen-bond donors (Lipinski definition) is 0. The molecule has 1 aromatic rings. The van der Waals surface area contributed by atoms with Crippen molar-refractivity contribution in [3.63, 3.8) is 0 Å².